The summed E-state index contributed by atoms with van der Waals surface area (Å²) in [6.45, 7) is 0.414. The summed E-state index contributed by atoms with van der Waals surface area (Å²) in [4.78, 5) is 21.6. The van der Waals surface area contributed by atoms with Crippen molar-refractivity contribution < 1.29 is 19.8 Å². The molecule has 5 N–H and O–H groups in total. The highest BCUT2D eigenvalue weighted by Gasteiger charge is 2.42. The molecule has 0 aromatic heterocycles. The van der Waals surface area contributed by atoms with Crippen LogP contribution in [0.1, 0.15) is 19.3 Å². The smallest absolute Gasteiger partial charge is 0.305 e. The van der Waals surface area contributed by atoms with E-state index in [1.54, 1.807) is 0 Å². The molecule has 1 atom stereocenters. The molecule has 6 nitrogen and oxygen atoms in total. The lowest BCUT2D eigenvalue weighted by atomic mass is 10.1. The zero-order valence-corrected chi connectivity index (χ0v) is 8.40. The molecular weight excluding hydrogens is 200 g/mol. The minimum atomic E-state index is -1.10. The topological polar surface area (TPSA) is 113 Å². The largest absolute Gasteiger partial charge is 0.481 e. The summed E-state index contributed by atoms with van der Waals surface area (Å²) in [6, 6.07) is -1.02. The van der Waals surface area contributed by atoms with Crippen LogP contribution in [0.4, 0.5) is 0 Å². The summed E-state index contributed by atoms with van der Waals surface area (Å²) in [5, 5.41) is 20.0. The first-order valence-electron chi connectivity index (χ1n) is 4.85. The number of rotatable bonds is 6. The van der Waals surface area contributed by atoms with E-state index in [2.05, 4.69) is 5.32 Å². The van der Waals surface area contributed by atoms with E-state index in [0.29, 0.717) is 6.54 Å². The van der Waals surface area contributed by atoms with Gasteiger partial charge < -0.3 is 21.3 Å². The lowest BCUT2D eigenvalue weighted by Gasteiger charge is -2.15. The Hall–Kier alpha value is -1.14. The van der Waals surface area contributed by atoms with Crippen LogP contribution in [0.15, 0.2) is 0 Å². The molecule has 0 bridgehead atoms. The molecule has 1 amide bonds. The van der Waals surface area contributed by atoms with Crippen LogP contribution in [0, 0.1) is 5.41 Å². The van der Waals surface area contributed by atoms with Crippen LogP contribution in [0.5, 0.6) is 0 Å². The van der Waals surface area contributed by atoms with Gasteiger partial charge in [0.05, 0.1) is 19.1 Å². The van der Waals surface area contributed by atoms with Crippen LogP contribution in [0.2, 0.25) is 0 Å². The fraction of sp³-hybridized carbons (Fsp3) is 0.778. The molecule has 0 aromatic rings. The molecule has 0 saturated heterocycles. The zero-order chi connectivity index (χ0) is 11.5. The number of carbonyl (C=O) groups is 2. The molecule has 0 aromatic carbocycles. The van der Waals surface area contributed by atoms with Crippen LogP contribution in [0.3, 0.4) is 0 Å². The van der Waals surface area contributed by atoms with Gasteiger partial charge in [-0.05, 0) is 12.8 Å². The Labute approximate surface area is 87.5 Å². The average Bonchev–Trinajstić information content (AvgIpc) is 2.94. The quantitative estimate of drug-likeness (QED) is 0.439. The van der Waals surface area contributed by atoms with E-state index >= 15 is 0 Å². The maximum absolute atomic E-state index is 11.3. The lowest BCUT2D eigenvalue weighted by Crippen LogP contribution is -2.44. The maximum atomic E-state index is 11.3. The van der Waals surface area contributed by atoms with Gasteiger partial charge in [-0.1, -0.05) is 0 Å². The van der Waals surface area contributed by atoms with Crippen LogP contribution >= 0.6 is 0 Å². The highest BCUT2D eigenvalue weighted by molar-refractivity contribution is 5.85. The van der Waals surface area contributed by atoms with Gasteiger partial charge in [-0.2, -0.15) is 0 Å². The third kappa shape index (κ3) is 3.49. The number of hydrogen-bond acceptors (Lipinski definition) is 4. The van der Waals surface area contributed by atoms with Crippen LogP contribution < -0.4 is 11.1 Å². The Kier molecular flexibility index (Phi) is 3.65. The van der Waals surface area contributed by atoms with Gasteiger partial charge >= 0.3 is 5.97 Å². The van der Waals surface area contributed by atoms with Crippen LogP contribution in [-0.2, 0) is 9.59 Å². The SMILES string of the molecule is NC(CC(=O)O)C(=O)NCC1(CO)CC1. The molecule has 15 heavy (non-hydrogen) atoms. The monoisotopic (exact) mass is 216 g/mol. The second-order valence-corrected chi connectivity index (χ2v) is 4.08. The van der Waals surface area contributed by atoms with Crippen molar-refractivity contribution in [2.45, 2.75) is 25.3 Å². The summed E-state index contributed by atoms with van der Waals surface area (Å²) < 4.78 is 0. The average molecular weight is 216 g/mol. The maximum Gasteiger partial charge on any atom is 0.305 e. The highest BCUT2D eigenvalue weighted by Crippen LogP contribution is 2.44. The van der Waals surface area contributed by atoms with E-state index in [1.807, 2.05) is 0 Å². The second-order valence-electron chi connectivity index (χ2n) is 4.08. The van der Waals surface area contributed by atoms with Gasteiger partial charge in [-0.3, -0.25) is 9.59 Å². The van der Waals surface area contributed by atoms with Gasteiger partial charge in [0, 0.05) is 12.0 Å². The van der Waals surface area contributed by atoms with Crippen molar-refractivity contribution in [1.29, 1.82) is 0 Å². The second kappa shape index (κ2) is 4.59. The Balaban J connectivity index is 2.26. The first-order chi connectivity index (χ1) is 6.99. The van der Waals surface area contributed by atoms with E-state index < -0.39 is 17.9 Å². The minimum Gasteiger partial charge on any atom is -0.481 e. The summed E-state index contributed by atoms with van der Waals surface area (Å²) in [5.41, 5.74) is 5.17. The molecule has 1 aliphatic rings. The van der Waals surface area contributed by atoms with E-state index in [9.17, 15) is 9.59 Å². The van der Waals surface area contributed by atoms with E-state index in [0.717, 1.165) is 12.8 Å². The van der Waals surface area contributed by atoms with Gasteiger partial charge in [0.25, 0.3) is 0 Å². The normalized spacial score (nSPS) is 19.3. The molecular formula is C9H16N2O4. The van der Waals surface area contributed by atoms with Crippen molar-refractivity contribution in [3.63, 3.8) is 0 Å². The molecule has 1 unspecified atom stereocenters. The van der Waals surface area contributed by atoms with Gasteiger partial charge in [0.2, 0.25) is 5.91 Å². The summed E-state index contributed by atoms with van der Waals surface area (Å²) in [6.07, 6.45) is 1.40. The lowest BCUT2D eigenvalue weighted by molar-refractivity contribution is -0.139. The number of hydrogen-bond donors (Lipinski definition) is 4. The number of aliphatic hydroxyl groups excluding tert-OH is 1. The third-order valence-electron chi connectivity index (χ3n) is 2.66. The van der Waals surface area contributed by atoms with Crippen molar-refractivity contribution in [3.05, 3.63) is 0 Å². The molecule has 0 radical (unpaired) electrons. The first kappa shape index (κ1) is 11.9. The van der Waals surface area contributed by atoms with Crippen molar-refractivity contribution in [2.75, 3.05) is 13.2 Å². The molecule has 6 heteroatoms. The predicted molar refractivity (Wildman–Crippen MR) is 52.0 cm³/mol. The fourth-order valence-electron chi connectivity index (χ4n) is 1.25. The number of nitrogens with two attached hydrogens (primary N) is 1. The molecule has 1 fully saturated rings. The highest BCUT2D eigenvalue weighted by atomic mass is 16.4. The summed E-state index contributed by atoms with van der Waals surface area (Å²) in [5.74, 6) is -1.57. The zero-order valence-electron chi connectivity index (χ0n) is 8.40. The van der Waals surface area contributed by atoms with Crippen molar-refractivity contribution >= 4 is 11.9 Å². The Bertz CT molecular complexity index is 263. The number of carbonyl (C=O) groups excluding carboxylic acids is 1. The van der Waals surface area contributed by atoms with Gasteiger partial charge in [-0.25, -0.2) is 0 Å². The Morgan fingerprint density at radius 1 is 1.47 bits per heavy atom. The Morgan fingerprint density at radius 3 is 2.47 bits per heavy atom. The number of aliphatic hydroxyl groups is 1. The summed E-state index contributed by atoms with van der Waals surface area (Å²) >= 11 is 0. The molecule has 1 saturated carbocycles. The van der Waals surface area contributed by atoms with Crippen molar-refractivity contribution in [1.82, 2.24) is 5.32 Å². The van der Waals surface area contributed by atoms with Crippen molar-refractivity contribution in [3.8, 4) is 0 Å². The standard InChI is InChI=1S/C9H16N2O4/c10-6(3-7(13)14)8(15)11-4-9(5-12)1-2-9/h6,12H,1-5,10H2,(H,11,15)(H,13,14). The number of nitrogens with one attached hydrogen (secondary N) is 1. The molecule has 1 aliphatic carbocycles. The fourth-order valence-corrected chi connectivity index (χ4v) is 1.25. The Morgan fingerprint density at radius 2 is 2.07 bits per heavy atom. The molecule has 0 aliphatic heterocycles. The molecule has 86 valence electrons. The number of amides is 1. The van der Waals surface area contributed by atoms with E-state index in [-0.39, 0.29) is 18.4 Å². The number of carboxylic acid groups (broad SMARTS) is 1. The summed E-state index contributed by atoms with van der Waals surface area (Å²) in [7, 11) is 0. The van der Waals surface area contributed by atoms with Gasteiger partial charge in [0.1, 0.15) is 0 Å². The number of carboxylic acids is 1. The van der Waals surface area contributed by atoms with Crippen molar-refractivity contribution in [2.24, 2.45) is 11.1 Å². The van der Waals surface area contributed by atoms with Gasteiger partial charge in [0.15, 0.2) is 0 Å². The van der Waals surface area contributed by atoms with E-state index in [4.69, 9.17) is 15.9 Å². The predicted octanol–water partition coefficient (Wildman–Crippen LogP) is -1.32. The molecule has 1 rings (SSSR count). The number of aliphatic carboxylic acids is 1. The molecule has 0 spiro atoms. The minimum absolute atomic E-state index is 0.0431. The van der Waals surface area contributed by atoms with E-state index in [1.165, 1.54) is 0 Å². The molecule has 0 heterocycles. The first-order valence-corrected chi connectivity index (χ1v) is 4.85. The third-order valence-corrected chi connectivity index (χ3v) is 2.66. The van der Waals surface area contributed by atoms with Crippen LogP contribution in [-0.4, -0.2) is 41.3 Å². The van der Waals surface area contributed by atoms with Crippen LogP contribution in [0.25, 0.3) is 0 Å². The van der Waals surface area contributed by atoms with Gasteiger partial charge in [-0.15, -0.1) is 0 Å².